The number of Topliss-reactive ketones (excluding diaryl/α,β-unsaturated/α-hetero) is 3. The minimum atomic E-state index is -1.65. The molecule has 166 valence electrons. The molecule has 4 rings (SSSR count). The van der Waals surface area contributed by atoms with Crippen molar-refractivity contribution in [3.63, 3.8) is 0 Å². The molecule has 7 heteroatoms. The summed E-state index contributed by atoms with van der Waals surface area (Å²) in [6.45, 7) is 4.82. The van der Waals surface area contributed by atoms with E-state index in [1.54, 1.807) is 0 Å². The van der Waals surface area contributed by atoms with Crippen LogP contribution in [0.5, 0.6) is 0 Å². The maximum absolute atomic E-state index is 13.6. The molecule has 4 fully saturated rings. The van der Waals surface area contributed by atoms with E-state index in [-0.39, 0.29) is 51.9 Å². The molecule has 0 radical (unpaired) electrons. The van der Waals surface area contributed by atoms with E-state index in [1.165, 1.54) is 6.92 Å². The monoisotopic (exact) mass is 482 g/mol. The molecule has 4 aliphatic carbocycles. The Kier molecular flexibility index (Phi) is 5.33. The smallest absolute Gasteiger partial charge is 0.303 e. The van der Waals surface area contributed by atoms with Crippen LogP contribution < -0.4 is 0 Å². The summed E-state index contributed by atoms with van der Waals surface area (Å²) >= 11 is 3.61. The van der Waals surface area contributed by atoms with Crippen molar-refractivity contribution in [2.24, 2.45) is 34.5 Å². The number of halogens is 1. The van der Waals surface area contributed by atoms with Crippen molar-refractivity contribution in [3.05, 3.63) is 0 Å². The Morgan fingerprint density at radius 3 is 2.47 bits per heavy atom. The average Bonchev–Trinajstić information content (AvgIpc) is 2.94. The summed E-state index contributed by atoms with van der Waals surface area (Å²) in [5, 5.41) is 11.5. The number of ether oxygens (including phenoxy) is 1. The molecule has 0 bridgehead atoms. The molecular weight excluding hydrogens is 452 g/mol. The van der Waals surface area contributed by atoms with Gasteiger partial charge in [0.2, 0.25) is 5.78 Å². The molecule has 30 heavy (non-hydrogen) atoms. The molecule has 8 atom stereocenters. The highest BCUT2D eigenvalue weighted by atomic mass is 79.9. The molecule has 4 aliphatic rings. The molecule has 0 spiro atoms. The zero-order chi connectivity index (χ0) is 22.1. The van der Waals surface area contributed by atoms with Gasteiger partial charge in [-0.15, -0.1) is 0 Å². The highest BCUT2D eigenvalue weighted by Gasteiger charge is 2.69. The van der Waals surface area contributed by atoms with Gasteiger partial charge in [0.15, 0.2) is 6.61 Å². The largest absolute Gasteiger partial charge is 0.458 e. The molecule has 4 saturated carbocycles. The number of rotatable bonds is 3. The number of ketones is 3. The zero-order valence-electron chi connectivity index (χ0n) is 17.9. The summed E-state index contributed by atoms with van der Waals surface area (Å²) in [5.74, 6) is -0.522. The number of hydrogen-bond donors (Lipinski definition) is 1. The number of carbonyl (C=O) groups is 4. The van der Waals surface area contributed by atoms with Crippen molar-refractivity contribution < 1.29 is 29.0 Å². The molecule has 0 amide bonds. The van der Waals surface area contributed by atoms with Gasteiger partial charge in [-0.2, -0.15) is 0 Å². The lowest BCUT2D eigenvalue weighted by Crippen LogP contribution is -2.63. The van der Waals surface area contributed by atoms with Crippen LogP contribution in [0.1, 0.15) is 65.7 Å². The quantitative estimate of drug-likeness (QED) is 0.490. The second-order valence-electron chi connectivity index (χ2n) is 10.5. The SMILES string of the molecule is CC(=O)OCC(=O)[C@@]1(O)CC[C@H]2[C@@H]3CC[C@H]4C(Br)C(=O)CC[C@]4(C)[C@H]3C(=O)C[C@@]21C. The van der Waals surface area contributed by atoms with Crippen molar-refractivity contribution in [2.45, 2.75) is 76.1 Å². The van der Waals surface area contributed by atoms with Crippen molar-refractivity contribution in [2.75, 3.05) is 6.61 Å². The van der Waals surface area contributed by atoms with Gasteiger partial charge in [-0.1, -0.05) is 29.8 Å². The first-order valence-electron chi connectivity index (χ1n) is 11.0. The standard InChI is InChI=1S/C23H31BrO6/c1-12(25)30-11-18(28)23(29)9-6-14-13-4-5-15-20(24)16(26)7-8-21(15,2)19(13)17(27)10-22(14,23)3/h13-15,19-20,29H,4-11H2,1-3H3/t13-,14-,15-,19+,20?,21-,22-,23-/m0/s1. The summed E-state index contributed by atoms with van der Waals surface area (Å²) in [7, 11) is 0. The van der Waals surface area contributed by atoms with E-state index in [0.717, 1.165) is 19.3 Å². The lowest BCUT2D eigenvalue weighted by Gasteiger charge is -2.60. The summed E-state index contributed by atoms with van der Waals surface area (Å²) in [5.41, 5.74) is -2.72. The van der Waals surface area contributed by atoms with Crippen molar-refractivity contribution in [1.29, 1.82) is 0 Å². The normalized spacial score (nSPS) is 47.8. The van der Waals surface area contributed by atoms with E-state index in [0.29, 0.717) is 19.3 Å². The van der Waals surface area contributed by atoms with Crippen LogP contribution in [-0.4, -0.2) is 45.5 Å². The van der Waals surface area contributed by atoms with E-state index in [2.05, 4.69) is 22.9 Å². The predicted molar refractivity (Wildman–Crippen MR) is 112 cm³/mol. The van der Waals surface area contributed by atoms with Gasteiger partial charge in [0.05, 0.1) is 4.83 Å². The fraction of sp³-hybridized carbons (Fsp3) is 0.826. The molecule has 0 aliphatic heterocycles. The molecule has 0 saturated heterocycles. The maximum Gasteiger partial charge on any atom is 0.303 e. The van der Waals surface area contributed by atoms with Crippen molar-refractivity contribution in [3.8, 4) is 0 Å². The number of esters is 1. The van der Waals surface area contributed by atoms with Crippen LogP contribution in [0.15, 0.2) is 0 Å². The molecule has 0 aromatic heterocycles. The Labute approximate surface area is 185 Å². The number of alkyl halides is 1. The average molecular weight is 483 g/mol. The van der Waals surface area contributed by atoms with Gasteiger partial charge in [-0.05, 0) is 55.3 Å². The summed E-state index contributed by atoms with van der Waals surface area (Å²) in [6, 6.07) is 0. The minimum Gasteiger partial charge on any atom is -0.458 e. The van der Waals surface area contributed by atoms with Gasteiger partial charge < -0.3 is 9.84 Å². The molecule has 1 unspecified atom stereocenters. The van der Waals surface area contributed by atoms with E-state index >= 15 is 0 Å². The summed E-state index contributed by atoms with van der Waals surface area (Å²) < 4.78 is 4.88. The van der Waals surface area contributed by atoms with E-state index in [9.17, 15) is 24.3 Å². The predicted octanol–water partition coefficient (Wildman–Crippen LogP) is 3.01. The highest BCUT2D eigenvalue weighted by Crippen LogP contribution is 2.67. The van der Waals surface area contributed by atoms with Gasteiger partial charge in [-0.25, -0.2) is 0 Å². The fourth-order valence-electron chi connectivity index (χ4n) is 7.66. The van der Waals surface area contributed by atoms with Crippen LogP contribution in [0, 0.1) is 34.5 Å². The topological polar surface area (TPSA) is 97.7 Å². The third kappa shape index (κ3) is 2.90. The van der Waals surface area contributed by atoms with E-state index in [4.69, 9.17) is 4.74 Å². The molecule has 0 aromatic rings. The molecule has 0 heterocycles. The van der Waals surface area contributed by atoms with Crippen LogP contribution in [0.4, 0.5) is 0 Å². The number of aliphatic hydroxyl groups is 1. The van der Waals surface area contributed by atoms with Gasteiger partial charge in [0.1, 0.15) is 17.2 Å². The number of carbonyl (C=O) groups excluding carboxylic acids is 4. The van der Waals surface area contributed by atoms with Crippen LogP contribution >= 0.6 is 15.9 Å². The van der Waals surface area contributed by atoms with E-state index in [1.807, 2.05) is 6.92 Å². The number of hydrogen-bond acceptors (Lipinski definition) is 6. The summed E-state index contributed by atoms with van der Waals surface area (Å²) in [6.07, 6.45) is 4.07. The molecule has 1 N–H and O–H groups in total. The third-order valence-electron chi connectivity index (χ3n) is 9.22. The van der Waals surface area contributed by atoms with Gasteiger partial charge in [0.25, 0.3) is 0 Å². The molecular formula is C23H31BrO6. The summed E-state index contributed by atoms with van der Waals surface area (Å²) in [4.78, 5) is 49.7. The highest BCUT2D eigenvalue weighted by molar-refractivity contribution is 9.10. The lowest BCUT2D eigenvalue weighted by molar-refractivity contribution is -0.179. The van der Waals surface area contributed by atoms with Gasteiger partial charge in [0, 0.05) is 31.1 Å². The number of fused-ring (bicyclic) bond motifs is 5. The van der Waals surface area contributed by atoms with E-state index < -0.39 is 29.4 Å². The van der Waals surface area contributed by atoms with Crippen LogP contribution in [-0.2, 0) is 23.9 Å². The second-order valence-corrected chi connectivity index (χ2v) is 11.5. The first kappa shape index (κ1) is 22.1. The lowest BCUT2D eigenvalue weighted by atomic mass is 9.44. The molecule has 6 nitrogen and oxygen atoms in total. The van der Waals surface area contributed by atoms with Crippen LogP contribution in [0.2, 0.25) is 0 Å². The Morgan fingerprint density at radius 2 is 1.80 bits per heavy atom. The third-order valence-corrected chi connectivity index (χ3v) is 10.4. The Hall–Kier alpha value is -1.08. The Bertz CT molecular complexity index is 810. The fourth-order valence-corrected chi connectivity index (χ4v) is 8.76. The van der Waals surface area contributed by atoms with Gasteiger partial charge in [-0.3, -0.25) is 19.2 Å². The van der Waals surface area contributed by atoms with Crippen molar-refractivity contribution >= 4 is 39.2 Å². The Morgan fingerprint density at radius 1 is 1.10 bits per heavy atom. The van der Waals surface area contributed by atoms with Crippen LogP contribution in [0.3, 0.4) is 0 Å². The first-order chi connectivity index (χ1) is 14.0. The minimum absolute atomic E-state index is 0.0654. The van der Waals surface area contributed by atoms with Crippen molar-refractivity contribution in [1.82, 2.24) is 0 Å². The maximum atomic E-state index is 13.6. The van der Waals surface area contributed by atoms with Gasteiger partial charge >= 0.3 is 5.97 Å². The Balaban J connectivity index is 1.65. The van der Waals surface area contributed by atoms with Crippen LogP contribution in [0.25, 0.3) is 0 Å². The zero-order valence-corrected chi connectivity index (χ0v) is 19.5. The first-order valence-corrected chi connectivity index (χ1v) is 12.0. The molecule has 0 aromatic carbocycles. The second kappa shape index (κ2) is 7.22.